The van der Waals surface area contributed by atoms with Gasteiger partial charge in [0, 0.05) is 17.1 Å². The van der Waals surface area contributed by atoms with Crippen LogP contribution >= 0.6 is 11.3 Å². The Labute approximate surface area is 162 Å². The molecule has 3 rings (SSSR count). The van der Waals surface area contributed by atoms with Gasteiger partial charge in [-0.25, -0.2) is 4.98 Å². The number of amides is 1. The van der Waals surface area contributed by atoms with Gasteiger partial charge in [0.25, 0.3) is 5.91 Å². The van der Waals surface area contributed by atoms with Crippen LogP contribution in [-0.4, -0.2) is 30.1 Å². The first-order valence-corrected chi connectivity index (χ1v) is 8.72. The average molecular weight is 409 g/mol. The van der Waals surface area contributed by atoms with Crippen LogP contribution in [0.4, 0.5) is 18.3 Å². The van der Waals surface area contributed by atoms with E-state index in [-0.39, 0.29) is 5.56 Å². The van der Waals surface area contributed by atoms with Gasteiger partial charge in [-0.1, -0.05) is 0 Å². The Balaban J connectivity index is 1.75. The second kappa shape index (κ2) is 7.85. The fourth-order valence-electron chi connectivity index (χ4n) is 2.32. The third-order valence-corrected chi connectivity index (χ3v) is 4.48. The minimum absolute atomic E-state index is 0.00383. The van der Waals surface area contributed by atoms with E-state index in [0.29, 0.717) is 22.3 Å². The van der Waals surface area contributed by atoms with Gasteiger partial charge < -0.3 is 9.47 Å². The van der Waals surface area contributed by atoms with Crippen LogP contribution in [0.25, 0.3) is 11.3 Å². The van der Waals surface area contributed by atoms with Crippen LogP contribution in [0.15, 0.2) is 41.9 Å². The number of hydrogen-bond acceptors (Lipinski definition) is 6. The van der Waals surface area contributed by atoms with Gasteiger partial charge in [-0.3, -0.25) is 15.1 Å². The SMILES string of the molecule is COc1ccc(-c2csc(NC(=O)c3ccc(C(F)(F)F)nc3)n2)cc1OC. The number of methoxy groups -OCH3 is 2. The number of aromatic nitrogens is 2. The molecule has 0 aliphatic rings. The molecule has 2 heterocycles. The van der Waals surface area contributed by atoms with Crippen LogP contribution in [0.1, 0.15) is 16.1 Å². The number of anilines is 1. The third kappa shape index (κ3) is 4.22. The summed E-state index contributed by atoms with van der Waals surface area (Å²) in [6, 6.07) is 7.10. The standard InChI is InChI=1S/C18H14F3N3O3S/c1-26-13-5-3-10(7-14(13)27-2)12-9-28-17(23-12)24-16(25)11-4-6-15(22-8-11)18(19,20)21/h3-9H,1-2H3,(H,23,24,25). The lowest BCUT2D eigenvalue weighted by molar-refractivity contribution is -0.141. The second-order valence-electron chi connectivity index (χ2n) is 5.49. The smallest absolute Gasteiger partial charge is 0.433 e. The van der Waals surface area contributed by atoms with Crippen LogP contribution < -0.4 is 14.8 Å². The first kappa shape index (κ1) is 19.6. The van der Waals surface area contributed by atoms with Crippen molar-refractivity contribution in [2.75, 3.05) is 19.5 Å². The minimum Gasteiger partial charge on any atom is -0.493 e. The molecule has 1 aromatic carbocycles. The van der Waals surface area contributed by atoms with E-state index in [4.69, 9.17) is 9.47 Å². The van der Waals surface area contributed by atoms with Crippen LogP contribution in [-0.2, 0) is 6.18 Å². The van der Waals surface area contributed by atoms with E-state index in [9.17, 15) is 18.0 Å². The largest absolute Gasteiger partial charge is 0.493 e. The van der Waals surface area contributed by atoms with Gasteiger partial charge in [-0.15, -0.1) is 11.3 Å². The summed E-state index contributed by atoms with van der Waals surface area (Å²) in [5.74, 6) is 0.508. The van der Waals surface area contributed by atoms with Gasteiger partial charge in [0.15, 0.2) is 16.6 Å². The van der Waals surface area contributed by atoms with Crippen LogP contribution in [0.5, 0.6) is 11.5 Å². The number of thiazole rings is 1. The number of benzene rings is 1. The molecule has 1 N–H and O–H groups in total. The number of halogens is 3. The van der Waals surface area contributed by atoms with Crippen molar-refractivity contribution in [3.8, 4) is 22.8 Å². The van der Waals surface area contributed by atoms with Crippen LogP contribution in [0.2, 0.25) is 0 Å². The summed E-state index contributed by atoms with van der Waals surface area (Å²) in [6.45, 7) is 0. The highest BCUT2D eigenvalue weighted by Gasteiger charge is 2.32. The summed E-state index contributed by atoms with van der Waals surface area (Å²) in [5.41, 5.74) is 0.294. The Morgan fingerprint density at radius 2 is 1.86 bits per heavy atom. The summed E-state index contributed by atoms with van der Waals surface area (Å²) in [5, 5.41) is 4.59. The fraction of sp³-hybridized carbons (Fsp3) is 0.167. The van der Waals surface area contributed by atoms with E-state index in [1.165, 1.54) is 25.6 Å². The predicted octanol–water partition coefficient (Wildman–Crippen LogP) is 4.49. The quantitative estimate of drug-likeness (QED) is 0.672. The zero-order chi connectivity index (χ0) is 20.3. The Morgan fingerprint density at radius 1 is 1.11 bits per heavy atom. The number of nitrogens with one attached hydrogen (secondary N) is 1. The molecule has 6 nitrogen and oxygen atoms in total. The first-order valence-electron chi connectivity index (χ1n) is 7.84. The highest BCUT2D eigenvalue weighted by molar-refractivity contribution is 7.14. The highest BCUT2D eigenvalue weighted by Crippen LogP contribution is 2.33. The second-order valence-corrected chi connectivity index (χ2v) is 6.35. The molecule has 0 atom stereocenters. The van der Waals surface area contributed by atoms with Crippen molar-refractivity contribution in [3.63, 3.8) is 0 Å². The molecule has 0 bridgehead atoms. The molecular formula is C18H14F3N3O3S. The summed E-state index contributed by atoms with van der Waals surface area (Å²) < 4.78 is 48.1. The fourth-order valence-corrected chi connectivity index (χ4v) is 3.04. The Kier molecular flexibility index (Phi) is 5.50. The number of alkyl halides is 3. The lowest BCUT2D eigenvalue weighted by atomic mass is 10.1. The Morgan fingerprint density at radius 3 is 2.46 bits per heavy atom. The zero-order valence-electron chi connectivity index (χ0n) is 14.7. The highest BCUT2D eigenvalue weighted by atomic mass is 32.1. The maximum Gasteiger partial charge on any atom is 0.433 e. The number of rotatable bonds is 5. The van der Waals surface area contributed by atoms with Crippen molar-refractivity contribution < 1.29 is 27.4 Å². The number of pyridine rings is 1. The molecule has 0 aliphatic carbocycles. The molecule has 2 aromatic heterocycles. The molecule has 0 fully saturated rings. The van der Waals surface area contributed by atoms with Gasteiger partial charge in [0.1, 0.15) is 5.69 Å². The molecule has 1 amide bonds. The van der Waals surface area contributed by atoms with Gasteiger partial charge in [0.2, 0.25) is 0 Å². The maximum atomic E-state index is 12.5. The van der Waals surface area contributed by atoms with Crippen molar-refractivity contribution in [2.24, 2.45) is 0 Å². The van der Waals surface area contributed by atoms with Crippen LogP contribution in [0.3, 0.4) is 0 Å². The van der Waals surface area contributed by atoms with Crippen molar-refractivity contribution in [1.82, 2.24) is 9.97 Å². The molecular weight excluding hydrogens is 395 g/mol. The number of carbonyl (C=O) groups is 1. The number of ether oxygens (including phenoxy) is 2. The molecule has 3 aromatic rings. The number of hydrogen-bond donors (Lipinski definition) is 1. The van der Waals surface area contributed by atoms with E-state index in [2.05, 4.69) is 15.3 Å². The zero-order valence-corrected chi connectivity index (χ0v) is 15.5. The maximum absolute atomic E-state index is 12.5. The van der Waals surface area contributed by atoms with E-state index in [1.807, 2.05) is 0 Å². The molecule has 0 saturated heterocycles. The summed E-state index contributed by atoms with van der Waals surface area (Å²) in [6.07, 6.45) is -3.68. The van der Waals surface area contributed by atoms with Crippen molar-refractivity contribution >= 4 is 22.4 Å². The molecule has 0 unspecified atom stereocenters. The predicted molar refractivity (Wildman–Crippen MR) is 97.8 cm³/mol. The average Bonchev–Trinajstić information content (AvgIpc) is 3.15. The third-order valence-electron chi connectivity index (χ3n) is 3.72. The lowest BCUT2D eigenvalue weighted by Crippen LogP contribution is -2.14. The van der Waals surface area contributed by atoms with Crippen molar-refractivity contribution in [1.29, 1.82) is 0 Å². The normalized spacial score (nSPS) is 11.2. The van der Waals surface area contributed by atoms with E-state index >= 15 is 0 Å². The van der Waals surface area contributed by atoms with Crippen LogP contribution in [0, 0.1) is 0 Å². The number of carbonyl (C=O) groups excluding carboxylic acids is 1. The minimum atomic E-state index is -4.56. The van der Waals surface area contributed by atoms with Gasteiger partial charge in [-0.05, 0) is 30.3 Å². The topological polar surface area (TPSA) is 73.3 Å². The van der Waals surface area contributed by atoms with Crippen molar-refractivity contribution in [2.45, 2.75) is 6.18 Å². The molecule has 0 saturated carbocycles. The van der Waals surface area contributed by atoms with Gasteiger partial charge in [-0.2, -0.15) is 13.2 Å². The summed E-state index contributed by atoms with van der Waals surface area (Å²) in [4.78, 5) is 19.8. The van der Waals surface area contributed by atoms with E-state index in [0.717, 1.165) is 23.9 Å². The molecule has 0 spiro atoms. The molecule has 0 radical (unpaired) electrons. The first-order chi connectivity index (χ1) is 13.3. The molecule has 0 aliphatic heterocycles. The molecule has 146 valence electrons. The summed E-state index contributed by atoms with van der Waals surface area (Å²) in [7, 11) is 3.05. The number of nitrogens with zero attached hydrogens (tertiary/aromatic N) is 2. The molecule has 10 heteroatoms. The lowest BCUT2D eigenvalue weighted by Gasteiger charge is -2.08. The summed E-state index contributed by atoms with van der Waals surface area (Å²) >= 11 is 1.18. The monoisotopic (exact) mass is 409 g/mol. The van der Waals surface area contributed by atoms with E-state index in [1.54, 1.807) is 23.6 Å². The van der Waals surface area contributed by atoms with Gasteiger partial charge >= 0.3 is 6.18 Å². The Bertz CT molecular complexity index is 988. The van der Waals surface area contributed by atoms with E-state index < -0.39 is 17.8 Å². The molecule has 28 heavy (non-hydrogen) atoms. The van der Waals surface area contributed by atoms with Crippen molar-refractivity contribution in [3.05, 3.63) is 53.2 Å². The van der Waals surface area contributed by atoms with Gasteiger partial charge in [0.05, 0.1) is 25.5 Å². The Hall–Kier alpha value is -3.14.